The zero-order chi connectivity index (χ0) is 24.4. The molecule has 2 saturated heterocycles. The van der Waals surface area contributed by atoms with Crippen LogP contribution >= 0.6 is 27.5 Å². The number of nitrogens with one attached hydrogen (secondary N) is 1. The van der Waals surface area contributed by atoms with Crippen LogP contribution in [0.4, 0.5) is 4.39 Å². The summed E-state index contributed by atoms with van der Waals surface area (Å²) in [5.41, 5.74) is 7.60. The van der Waals surface area contributed by atoms with Crippen LogP contribution in [0.5, 0.6) is 0 Å². The van der Waals surface area contributed by atoms with Gasteiger partial charge in [-0.2, -0.15) is 0 Å². The molecule has 0 radical (unpaired) electrons. The minimum Gasteiger partial charge on any atom is -0.394 e. The van der Waals surface area contributed by atoms with E-state index < -0.39 is 0 Å². The summed E-state index contributed by atoms with van der Waals surface area (Å²) in [4.78, 5) is 7.57. The highest BCUT2D eigenvalue weighted by atomic mass is 79.9. The first-order valence-electron chi connectivity index (χ1n) is 12.1. The molecule has 0 aromatic rings. The van der Waals surface area contributed by atoms with Crippen LogP contribution in [0, 0.1) is 0 Å². The lowest BCUT2D eigenvalue weighted by Crippen LogP contribution is -2.58. The van der Waals surface area contributed by atoms with Crippen LogP contribution in [0.3, 0.4) is 0 Å². The number of piperidine rings is 1. The van der Waals surface area contributed by atoms with Crippen LogP contribution < -0.4 is 11.1 Å². The van der Waals surface area contributed by atoms with Crippen LogP contribution in [0.25, 0.3) is 0 Å². The third-order valence-electron chi connectivity index (χ3n) is 6.59. The summed E-state index contributed by atoms with van der Waals surface area (Å²) >= 11 is 9.86. The summed E-state index contributed by atoms with van der Waals surface area (Å²) in [5, 5.41) is 3.85. The lowest BCUT2D eigenvalue weighted by Gasteiger charge is -2.47. The van der Waals surface area contributed by atoms with Crippen LogP contribution in [0.15, 0.2) is 44.8 Å². The van der Waals surface area contributed by atoms with E-state index in [1.807, 2.05) is 33.2 Å². The van der Waals surface area contributed by atoms with Crippen molar-refractivity contribution in [1.29, 1.82) is 0 Å². The van der Waals surface area contributed by atoms with Gasteiger partial charge in [0.25, 0.3) is 0 Å². The molecule has 3 N–H and O–H groups in total. The number of piperazine rings is 1. The monoisotopic (exact) mass is 545 g/mol. The highest BCUT2D eigenvalue weighted by Gasteiger charge is 2.33. The van der Waals surface area contributed by atoms with Gasteiger partial charge >= 0.3 is 0 Å². The van der Waals surface area contributed by atoms with Crippen LogP contribution in [0.2, 0.25) is 0 Å². The van der Waals surface area contributed by atoms with Gasteiger partial charge in [-0.25, -0.2) is 4.39 Å². The Morgan fingerprint density at radius 2 is 1.82 bits per heavy atom. The van der Waals surface area contributed by atoms with Crippen molar-refractivity contribution in [2.24, 2.45) is 5.73 Å². The van der Waals surface area contributed by atoms with Gasteiger partial charge in [0.1, 0.15) is 5.83 Å². The Balaban J connectivity index is 1.88. The lowest BCUT2D eigenvalue weighted by atomic mass is 9.98. The second-order valence-corrected chi connectivity index (χ2v) is 10.9. The molecule has 1 atom stereocenters. The van der Waals surface area contributed by atoms with Crippen molar-refractivity contribution in [3.05, 3.63) is 44.8 Å². The average Bonchev–Trinajstić information content (AvgIpc) is 2.78. The van der Waals surface area contributed by atoms with Gasteiger partial charge in [0, 0.05) is 69.6 Å². The molecule has 0 aliphatic carbocycles. The third-order valence-corrected chi connectivity index (χ3v) is 7.04. The SMILES string of the molecule is CCC1CN(C/C(Cl)=C\C(=C/NC)CN)CCN1C1CCN(C/C(C)=C(F)/C=C(\C)Br)CC1. The van der Waals surface area contributed by atoms with E-state index in [9.17, 15) is 4.39 Å². The first kappa shape index (κ1) is 28.5. The van der Waals surface area contributed by atoms with Crippen molar-refractivity contribution in [3.8, 4) is 0 Å². The highest BCUT2D eigenvalue weighted by Crippen LogP contribution is 2.25. The molecular formula is C25H42BrClFN5. The van der Waals surface area contributed by atoms with Gasteiger partial charge in [-0.05, 0) is 74.0 Å². The van der Waals surface area contributed by atoms with Crippen molar-refractivity contribution >= 4 is 27.5 Å². The van der Waals surface area contributed by atoms with Crippen molar-refractivity contribution < 1.29 is 4.39 Å². The van der Waals surface area contributed by atoms with Gasteiger partial charge in [0.15, 0.2) is 0 Å². The van der Waals surface area contributed by atoms with Crippen LogP contribution in [-0.4, -0.2) is 86.2 Å². The van der Waals surface area contributed by atoms with Crippen molar-refractivity contribution in [1.82, 2.24) is 20.0 Å². The zero-order valence-corrected chi connectivity index (χ0v) is 23.1. The minimum atomic E-state index is -0.124. The fourth-order valence-corrected chi connectivity index (χ4v) is 5.35. The van der Waals surface area contributed by atoms with Crippen LogP contribution in [-0.2, 0) is 0 Å². The van der Waals surface area contributed by atoms with Gasteiger partial charge in [-0.15, -0.1) is 0 Å². The lowest BCUT2D eigenvalue weighted by molar-refractivity contribution is 0.0180. The molecule has 2 aliphatic rings. The topological polar surface area (TPSA) is 47.8 Å². The van der Waals surface area contributed by atoms with E-state index in [4.69, 9.17) is 17.3 Å². The van der Waals surface area contributed by atoms with Gasteiger partial charge in [0.05, 0.1) is 0 Å². The first-order valence-corrected chi connectivity index (χ1v) is 13.3. The number of nitrogens with two attached hydrogens (primary N) is 1. The van der Waals surface area contributed by atoms with E-state index in [2.05, 4.69) is 42.9 Å². The second-order valence-electron chi connectivity index (χ2n) is 9.20. The molecule has 0 bridgehead atoms. The smallest absolute Gasteiger partial charge is 0.124 e. The number of nitrogens with zero attached hydrogens (tertiary/aromatic N) is 3. The first-order chi connectivity index (χ1) is 15.8. The Kier molecular flexibility index (Phi) is 12.7. The van der Waals surface area contributed by atoms with Crippen molar-refractivity contribution in [2.45, 2.75) is 52.1 Å². The van der Waals surface area contributed by atoms with Crippen LogP contribution in [0.1, 0.15) is 40.0 Å². The molecule has 2 heterocycles. The summed E-state index contributed by atoms with van der Waals surface area (Å²) in [6.07, 6.45) is 8.86. The molecule has 2 rings (SSSR count). The van der Waals surface area contributed by atoms with Crippen molar-refractivity contribution in [3.63, 3.8) is 0 Å². The van der Waals surface area contributed by atoms with Crippen molar-refractivity contribution in [2.75, 3.05) is 59.4 Å². The largest absolute Gasteiger partial charge is 0.394 e. The average molecular weight is 547 g/mol. The van der Waals surface area contributed by atoms with E-state index in [1.54, 1.807) is 6.08 Å². The maximum absolute atomic E-state index is 14.2. The molecule has 2 fully saturated rings. The predicted molar refractivity (Wildman–Crippen MR) is 143 cm³/mol. The standard InChI is InChI=1S/C25H42BrClFN5/c1-5-23-18-32(17-22(27)13-21(14-29)15-30-4)10-11-33(23)24-6-8-31(9-7-24)16-19(2)25(28)12-20(3)26/h12-13,15,23-24,30H,5-11,14,16-18,29H2,1-4H3/b20-12+,21-15+,22-13+,25-19-. The van der Waals surface area contributed by atoms with Gasteiger partial charge in [-0.1, -0.05) is 34.5 Å². The van der Waals surface area contributed by atoms with E-state index >= 15 is 0 Å². The maximum atomic E-state index is 14.2. The molecular weight excluding hydrogens is 505 g/mol. The van der Waals surface area contributed by atoms with Gasteiger partial charge in [-0.3, -0.25) is 14.7 Å². The second kappa shape index (κ2) is 14.6. The Labute approximate surface area is 213 Å². The molecule has 188 valence electrons. The number of halogens is 3. The summed E-state index contributed by atoms with van der Waals surface area (Å²) in [6.45, 7) is 13.2. The third kappa shape index (κ3) is 9.46. The number of likely N-dealkylation sites (tertiary alicyclic amines) is 1. The Morgan fingerprint density at radius 3 is 2.39 bits per heavy atom. The number of hydrogen-bond donors (Lipinski definition) is 2. The molecule has 0 saturated carbocycles. The fourth-order valence-electron chi connectivity index (χ4n) is 4.84. The van der Waals surface area contributed by atoms with E-state index in [0.717, 1.165) is 79.2 Å². The molecule has 0 aromatic heterocycles. The summed E-state index contributed by atoms with van der Waals surface area (Å²) in [5.74, 6) is -0.124. The maximum Gasteiger partial charge on any atom is 0.124 e. The summed E-state index contributed by atoms with van der Waals surface area (Å²) in [6, 6.07) is 1.16. The Hall–Kier alpha value is -0.700. The Bertz CT molecular complexity index is 739. The summed E-state index contributed by atoms with van der Waals surface area (Å²) < 4.78 is 15.0. The molecule has 0 spiro atoms. The molecule has 1 unspecified atom stereocenters. The van der Waals surface area contributed by atoms with Gasteiger partial charge in [0.2, 0.25) is 0 Å². The van der Waals surface area contributed by atoms with E-state index in [-0.39, 0.29) is 5.83 Å². The highest BCUT2D eigenvalue weighted by molar-refractivity contribution is 9.11. The normalized spacial score (nSPS) is 24.2. The fraction of sp³-hybridized carbons (Fsp3) is 0.680. The zero-order valence-electron chi connectivity index (χ0n) is 20.7. The molecule has 0 aromatic carbocycles. The minimum absolute atomic E-state index is 0.124. The Morgan fingerprint density at radius 1 is 1.12 bits per heavy atom. The predicted octanol–water partition coefficient (Wildman–Crippen LogP) is 4.57. The van der Waals surface area contributed by atoms with Gasteiger partial charge < -0.3 is 11.1 Å². The number of hydrogen-bond acceptors (Lipinski definition) is 5. The number of allylic oxidation sites excluding steroid dienone is 3. The summed E-state index contributed by atoms with van der Waals surface area (Å²) in [7, 11) is 1.87. The van der Waals surface area contributed by atoms with E-state index in [0.29, 0.717) is 25.2 Å². The number of rotatable bonds is 10. The van der Waals surface area contributed by atoms with E-state index in [1.165, 1.54) is 0 Å². The molecule has 33 heavy (non-hydrogen) atoms. The molecule has 5 nitrogen and oxygen atoms in total. The molecule has 8 heteroatoms. The molecule has 2 aliphatic heterocycles. The quantitative estimate of drug-likeness (QED) is 0.393. The molecule has 0 amide bonds.